The van der Waals surface area contributed by atoms with Gasteiger partial charge < -0.3 is 42.3 Å². The van der Waals surface area contributed by atoms with Crippen molar-refractivity contribution < 1.29 is 76.2 Å². The van der Waals surface area contributed by atoms with Crippen LogP contribution in [0.5, 0.6) is 11.5 Å². The van der Waals surface area contributed by atoms with Gasteiger partial charge >= 0.3 is 55.3 Å². The second kappa shape index (κ2) is 50.3. The molecule has 0 saturated heterocycles. The summed E-state index contributed by atoms with van der Waals surface area (Å²) in [6.45, 7) is 22.6. The van der Waals surface area contributed by atoms with Gasteiger partial charge in [0.05, 0.1) is 82.3 Å². The Hall–Kier alpha value is -10.9. The molecule has 0 fully saturated rings. The quantitative estimate of drug-likeness (QED) is 0.0835. The van der Waals surface area contributed by atoms with Crippen LogP contribution in [0.2, 0.25) is 69.1 Å². The third kappa shape index (κ3) is 27.5. The highest BCUT2D eigenvalue weighted by molar-refractivity contribution is 8.10. The molecule has 1 N–H and O–H groups in total. The van der Waals surface area contributed by atoms with Crippen molar-refractivity contribution in [2.45, 2.75) is 179 Å². The minimum atomic E-state index is -4.39. The van der Waals surface area contributed by atoms with Gasteiger partial charge in [0.1, 0.15) is 22.3 Å². The number of sulfone groups is 1. The van der Waals surface area contributed by atoms with Crippen LogP contribution < -0.4 is 52.1 Å². The molecule has 8 aliphatic heterocycles. The first-order chi connectivity index (χ1) is 72.2. The monoisotopic (exact) mass is 2180 g/mol. The fraction of sp³-hybridized carbons (Fsp3) is 0.159. The van der Waals surface area contributed by atoms with E-state index in [1.165, 1.54) is 123 Å². The number of anilines is 1. The van der Waals surface area contributed by atoms with E-state index in [1.807, 2.05) is 130 Å². The molecule has 1 unspecified atom stereocenters. The van der Waals surface area contributed by atoms with Crippen LogP contribution >= 0.6 is 70.1 Å². The Balaban J connectivity index is 0.000000118. The molecule has 9 heterocycles. The average Bonchev–Trinajstić information content (AvgIpc) is 1.05. The van der Waals surface area contributed by atoms with Gasteiger partial charge in [-0.25, -0.2) is 38.8 Å². The first-order valence-corrected chi connectivity index (χ1v) is 58.1. The van der Waals surface area contributed by atoms with Gasteiger partial charge in [-0.2, -0.15) is 3.71 Å². The zero-order valence-electron chi connectivity index (χ0n) is 83.8. The molecule has 15 aromatic carbocycles. The number of rotatable bonds is 17. The van der Waals surface area contributed by atoms with Crippen LogP contribution in [0, 0.1) is 19.7 Å². The minimum absolute atomic E-state index is 0.0501. The summed E-state index contributed by atoms with van der Waals surface area (Å²) >= 11 is 22.7. The maximum atomic E-state index is 13.4. The van der Waals surface area contributed by atoms with Crippen LogP contribution in [0.15, 0.2) is 411 Å². The number of sulfonamides is 2. The van der Waals surface area contributed by atoms with Gasteiger partial charge in [0, 0.05) is 55.5 Å². The molecule has 18 nitrogen and oxygen atoms in total. The maximum absolute atomic E-state index is 13.4. The summed E-state index contributed by atoms with van der Waals surface area (Å²) in [4.78, 5) is 12.3. The van der Waals surface area contributed by atoms with Crippen LogP contribution in [0.4, 0.5) is 10.1 Å². The zero-order chi connectivity index (χ0) is 105. The Kier molecular flexibility index (Phi) is 37.0. The van der Waals surface area contributed by atoms with Crippen LogP contribution in [-0.2, 0) is 126 Å². The number of pyridine rings is 1. The first-order valence-electron chi connectivity index (χ1n) is 49.0. The molecule has 37 heteroatoms. The highest BCUT2D eigenvalue weighted by Gasteiger charge is 2.40. The molecule has 16 aromatic rings. The molecule has 0 bridgehead atoms. The molecule has 756 valence electrons. The second-order valence-electron chi connectivity index (χ2n) is 36.8. The molecule has 0 radical (unpaired) electrons. The van der Waals surface area contributed by atoms with Crippen molar-refractivity contribution >= 4 is 215 Å². The van der Waals surface area contributed by atoms with Crippen molar-refractivity contribution in [3.63, 3.8) is 0 Å². The summed E-state index contributed by atoms with van der Waals surface area (Å²) in [5.74, 6) is 1.59. The Bertz CT molecular complexity index is 7560. The number of halogens is 4. The van der Waals surface area contributed by atoms with E-state index in [0.29, 0.717) is 46.8 Å². The van der Waals surface area contributed by atoms with Gasteiger partial charge in [0.2, 0.25) is 9.84 Å². The summed E-state index contributed by atoms with van der Waals surface area (Å²) < 4.78 is 150. The predicted octanol–water partition coefficient (Wildman–Crippen LogP) is 21.7. The SMILES string of the molecule is CB1OCc2cc(N(S(=O)(=O)c3ccccc3)S(=O)(=O)c3ccccc3)ccc21.CB1OCc2ccc(Oc3ccc(C)cc3)cc21.CB1OCc2ccc(S(=O)(=O)c3ccc(Cl)cc3)cc21.CB1OCc2ccc(S(=O)c3ccc(Cl)cc3)cc21.CB1OCc2ccc(Sc3ccc(C)cc3)cc21.CB1OCc2ccc(Sc3ccc(Cl)cc3)cc21.CB1OCc2cccc(F)c21.OB1CCc2ccc(Sc3ccccn3)cc21. The molecule has 0 saturated carbocycles. The van der Waals surface area contributed by atoms with Gasteiger partial charge in [-0.1, -0.05) is 274 Å². The van der Waals surface area contributed by atoms with E-state index in [2.05, 4.69) is 142 Å². The van der Waals surface area contributed by atoms with E-state index in [-0.39, 0.29) is 86.4 Å². The Morgan fingerprint density at radius 3 is 1.27 bits per heavy atom. The lowest BCUT2D eigenvalue weighted by Crippen LogP contribution is -2.37. The number of hydrogen-bond acceptors (Lipinski definition) is 20. The Labute approximate surface area is 911 Å². The summed E-state index contributed by atoms with van der Waals surface area (Å²) in [6, 6.07) is 106. The lowest BCUT2D eigenvalue weighted by molar-refractivity contribution is 0.333. The number of hydrogen-bond donors (Lipinski definition) is 1. The number of aryl methyl sites for hydroxylation is 3. The topological polar surface area (TPSA) is 230 Å². The first kappa shape index (κ1) is 110. The highest BCUT2D eigenvalue weighted by atomic mass is 35.5. The van der Waals surface area contributed by atoms with Crippen molar-refractivity contribution in [2.24, 2.45) is 0 Å². The molecular weight excluding hydrogens is 2080 g/mol. The highest BCUT2D eigenvalue weighted by Crippen LogP contribution is 2.37. The van der Waals surface area contributed by atoms with Gasteiger partial charge in [-0.15, -0.1) is 0 Å². The third-order valence-electron chi connectivity index (χ3n) is 26.3. The van der Waals surface area contributed by atoms with Gasteiger partial charge in [-0.05, 0) is 315 Å². The van der Waals surface area contributed by atoms with Crippen LogP contribution in [0.25, 0.3) is 0 Å². The smallest absolute Gasteiger partial charge is 0.327 e. The van der Waals surface area contributed by atoms with Crippen LogP contribution in [0.3, 0.4) is 0 Å². The lowest BCUT2D eigenvalue weighted by atomic mass is 9.63. The summed E-state index contributed by atoms with van der Waals surface area (Å²) in [5.41, 5.74) is 20.5. The van der Waals surface area contributed by atoms with Gasteiger partial charge in [0.15, 0.2) is 0 Å². The predicted molar refractivity (Wildman–Crippen MR) is 613 cm³/mol. The van der Waals surface area contributed by atoms with Crippen molar-refractivity contribution in [2.75, 3.05) is 3.71 Å². The average molecular weight is 2180 g/mol. The van der Waals surface area contributed by atoms with Crippen molar-refractivity contribution in [3.05, 3.63) is 428 Å². The largest absolute Gasteiger partial charge is 0.457 e. The molecular formula is C113H104B8Cl3FN2O16S7. The summed E-state index contributed by atoms with van der Waals surface area (Å²) in [5, 5.41) is 12.8. The Morgan fingerprint density at radius 1 is 0.347 bits per heavy atom. The molecule has 8 aliphatic rings. The molecule has 0 amide bonds. The van der Waals surface area contributed by atoms with Gasteiger partial charge in [-0.3, -0.25) is 0 Å². The fourth-order valence-electron chi connectivity index (χ4n) is 17.9. The molecule has 1 aromatic heterocycles. The number of nitrogens with zero attached hydrogens (tertiary/aromatic N) is 2. The number of aromatic nitrogens is 1. The van der Waals surface area contributed by atoms with Gasteiger partial charge in [0.25, 0.3) is 20.0 Å². The van der Waals surface area contributed by atoms with E-state index in [4.69, 9.17) is 72.1 Å². The number of benzene rings is 15. The lowest BCUT2D eigenvalue weighted by Gasteiger charge is -2.24. The minimum Gasteiger partial charge on any atom is -0.457 e. The fourth-order valence-corrected chi connectivity index (χ4v) is 26.9. The summed E-state index contributed by atoms with van der Waals surface area (Å²) in [6.07, 6.45) is 3.64. The summed E-state index contributed by atoms with van der Waals surface area (Å²) in [7, 11) is -13.5. The maximum Gasteiger partial charge on any atom is 0.327 e. The van der Waals surface area contributed by atoms with E-state index in [0.717, 1.165) is 106 Å². The molecule has 0 spiro atoms. The van der Waals surface area contributed by atoms with E-state index < -0.39 is 40.7 Å². The molecule has 24 rings (SSSR count). The number of fused-ring (bicyclic) bond motifs is 8. The number of ether oxygens (including phenoxy) is 1. The molecule has 1 atom stereocenters. The van der Waals surface area contributed by atoms with Crippen LogP contribution in [-0.4, -0.2) is 94.8 Å². The normalized spacial score (nSPS) is 14.2. The van der Waals surface area contributed by atoms with Crippen molar-refractivity contribution in [3.8, 4) is 11.5 Å². The van der Waals surface area contributed by atoms with E-state index >= 15 is 0 Å². The third-order valence-corrected chi connectivity index (χ3v) is 37.4. The van der Waals surface area contributed by atoms with E-state index in [9.17, 15) is 38.9 Å². The molecule has 150 heavy (non-hydrogen) atoms. The second-order valence-corrected chi connectivity index (χ2v) is 48.7. The molecule has 0 aliphatic carbocycles. The standard InChI is InChI=1S/C20H18BNO5S2.C15H15BO2.C15H15BOS.C14H12BClO3S.C14H12BClO2S.C14H12BClOS.C13H12BNOS.C8H8BFO/c1-21-20-13-12-17(14-16(20)15-27-21)22(28(23,24)18-8-4-2-5-9-18)29(25,26)19-10-6-3-7-11-19;2*1-11-3-6-13(7-4-11)18-14-8-5-12-10-17-16(2)15(12)9-14;1-15-14-8-13(5-2-10(14)9-19-15)20(17,18)12-6-3-11(16)4-7-12;1-15-14-8-13(5-2-10(14)9-18-15)19(17)12-6-3-11(16)4-7-12;1-15-14-8-13(5-2-10(14)9-17-15)18-12-6-3-11(16)4-7-12;16-14-7-6-10-4-5-11(9-12(10)14)17-13-3-1-2-8-15-13;1-9-8-6(5-11-9)3-2-4-7(8)10/h2-14H,15H2,1H3;2*3-9H,10H2,1-2H3;2-8H,9H2,1H3;2-8H,9H2,1H3;2-8H,9H2,1H3;1-5,8-9,16H,6-7H2;2-4H,5H2,1H3. The van der Waals surface area contributed by atoms with Crippen LogP contribution in [0.1, 0.15) is 55.6 Å². The van der Waals surface area contributed by atoms with Crippen molar-refractivity contribution in [1.29, 1.82) is 0 Å². The Morgan fingerprint density at radius 2 is 0.747 bits per heavy atom. The zero-order valence-corrected chi connectivity index (χ0v) is 91.8. The van der Waals surface area contributed by atoms with E-state index in [1.54, 1.807) is 133 Å². The van der Waals surface area contributed by atoms with Crippen molar-refractivity contribution in [1.82, 2.24) is 4.98 Å².